The Hall–Kier alpha value is -1.55. The molecule has 14 heavy (non-hydrogen) atoms. The molecular formula is C9H9ClN2O2. The van der Waals surface area contributed by atoms with Gasteiger partial charge in [0.2, 0.25) is 11.8 Å². The highest BCUT2D eigenvalue weighted by atomic mass is 35.5. The second-order valence-electron chi connectivity index (χ2n) is 2.67. The van der Waals surface area contributed by atoms with Crippen molar-refractivity contribution in [2.24, 2.45) is 0 Å². The quantitative estimate of drug-likeness (QED) is 0.746. The summed E-state index contributed by atoms with van der Waals surface area (Å²) in [5.41, 5.74) is 1.26. The molecule has 74 valence electrons. The van der Waals surface area contributed by atoms with E-state index in [1.165, 1.54) is 0 Å². The molecule has 0 amide bonds. The minimum absolute atomic E-state index is 0. The van der Waals surface area contributed by atoms with Crippen molar-refractivity contribution in [1.82, 2.24) is 0 Å². The predicted molar refractivity (Wildman–Crippen MR) is 55.0 cm³/mol. The first kappa shape index (κ1) is 10.5. The molecule has 0 radical (unpaired) electrons. The van der Waals surface area contributed by atoms with Gasteiger partial charge in [0.25, 0.3) is 0 Å². The maximum Gasteiger partial charge on any atom is 0.222 e. The van der Waals surface area contributed by atoms with Crippen molar-refractivity contribution in [3.8, 4) is 5.75 Å². The molecule has 0 atom stereocenters. The fourth-order valence-electron chi connectivity index (χ4n) is 1.25. The van der Waals surface area contributed by atoms with E-state index in [1.54, 1.807) is 25.3 Å². The van der Waals surface area contributed by atoms with E-state index in [-0.39, 0.29) is 24.2 Å². The fourth-order valence-corrected chi connectivity index (χ4v) is 1.25. The van der Waals surface area contributed by atoms with E-state index in [1.807, 2.05) is 0 Å². The molecule has 2 rings (SSSR count). The first-order valence-corrected chi connectivity index (χ1v) is 3.76. The van der Waals surface area contributed by atoms with E-state index >= 15 is 0 Å². The summed E-state index contributed by atoms with van der Waals surface area (Å²) < 4.78 is 9.84. The lowest BCUT2D eigenvalue weighted by Crippen LogP contribution is -1.97. The molecule has 0 aromatic heterocycles. The highest BCUT2D eigenvalue weighted by molar-refractivity contribution is 6.16. The molecule has 1 aliphatic heterocycles. The van der Waals surface area contributed by atoms with Crippen LogP contribution < -0.4 is 4.74 Å². The Morgan fingerprint density at radius 1 is 1.14 bits per heavy atom. The Labute approximate surface area is 87.3 Å². The van der Waals surface area contributed by atoms with Crippen LogP contribution in [0.25, 0.3) is 0 Å². The number of nitrogens with one attached hydrogen (secondary N) is 2. The zero-order chi connectivity index (χ0) is 9.42. The van der Waals surface area contributed by atoms with Crippen LogP contribution in [0.15, 0.2) is 18.2 Å². The summed E-state index contributed by atoms with van der Waals surface area (Å²) in [5.74, 6) is 0.711. The van der Waals surface area contributed by atoms with Gasteiger partial charge in [-0.25, -0.2) is 0 Å². The van der Waals surface area contributed by atoms with Crippen molar-refractivity contribution in [3.05, 3.63) is 29.3 Å². The predicted octanol–water partition coefficient (Wildman–Crippen LogP) is 1.80. The summed E-state index contributed by atoms with van der Waals surface area (Å²) in [7, 11) is 1.56. The van der Waals surface area contributed by atoms with Crippen LogP contribution >= 0.6 is 12.4 Å². The number of ether oxygens (including phenoxy) is 2. The lowest BCUT2D eigenvalue weighted by atomic mass is 10.1. The fraction of sp³-hybridized carbons (Fsp3) is 0.111. The molecule has 0 spiro atoms. The van der Waals surface area contributed by atoms with E-state index in [0.29, 0.717) is 16.9 Å². The molecule has 1 aliphatic rings. The minimum atomic E-state index is 0. The van der Waals surface area contributed by atoms with Crippen LogP contribution in [-0.2, 0) is 4.74 Å². The third-order valence-corrected chi connectivity index (χ3v) is 1.92. The Bertz CT molecular complexity index is 404. The van der Waals surface area contributed by atoms with Crippen LogP contribution in [0.5, 0.6) is 5.75 Å². The number of fused-ring (bicyclic) bond motifs is 1. The van der Waals surface area contributed by atoms with Crippen molar-refractivity contribution in [2.45, 2.75) is 0 Å². The van der Waals surface area contributed by atoms with Gasteiger partial charge in [-0.2, -0.15) is 0 Å². The molecule has 1 aromatic carbocycles. The maximum atomic E-state index is 7.41. The molecule has 0 unspecified atom stereocenters. The molecule has 0 bridgehead atoms. The number of hydrogen-bond acceptors (Lipinski definition) is 4. The van der Waals surface area contributed by atoms with Gasteiger partial charge < -0.3 is 9.47 Å². The Morgan fingerprint density at radius 3 is 2.43 bits per heavy atom. The van der Waals surface area contributed by atoms with Gasteiger partial charge in [-0.05, 0) is 18.2 Å². The van der Waals surface area contributed by atoms with E-state index in [4.69, 9.17) is 20.3 Å². The lowest BCUT2D eigenvalue weighted by molar-refractivity contribution is 0.414. The first-order chi connectivity index (χ1) is 6.22. The number of halogens is 1. The first-order valence-electron chi connectivity index (χ1n) is 3.76. The summed E-state index contributed by atoms with van der Waals surface area (Å²) >= 11 is 0. The normalized spacial score (nSPS) is 12.9. The zero-order valence-corrected chi connectivity index (χ0v) is 8.27. The molecule has 2 N–H and O–H groups in total. The summed E-state index contributed by atoms with van der Waals surface area (Å²) in [6.45, 7) is 0. The average molecular weight is 213 g/mol. The Kier molecular flexibility index (Phi) is 2.76. The topological polar surface area (TPSA) is 66.2 Å². The summed E-state index contributed by atoms with van der Waals surface area (Å²) in [6, 6.07) is 5.16. The van der Waals surface area contributed by atoms with Crippen LogP contribution in [-0.4, -0.2) is 18.9 Å². The van der Waals surface area contributed by atoms with Crippen LogP contribution in [0.1, 0.15) is 11.1 Å². The zero-order valence-electron chi connectivity index (χ0n) is 7.46. The van der Waals surface area contributed by atoms with Crippen molar-refractivity contribution in [1.29, 1.82) is 10.8 Å². The van der Waals surface area contributed by atoms with Gasteiger partial charge in [0, 0.05) is 5.56 Å². The molecule has 0 saturated carbocycles. The lowest BCUT2D eigenvalue weighted by Gasteiger charge is -1.99. The summed E-state index contributed by atoms with van der Waals surface area (Å²) in [6.07, 6.45) is 0. The standard InChI is InChI=1S/C9H8N2O2.ClH/c1-12-5-2-3-6-7(4-5)9(11)13-8(6)10;/h2-4,10-11H,1H3;1H. The van der Waals surface area contributed by atoms with E-state index in [9.17, 15) is 0 Å². The van der Waals surface area contributed by atoms with Gasteiger partial charge in [0.05, 0.1) is 12.7 Å². The van der Waals surface area contributed by atoms with Crippen molar-refractivity contribution >= 4 is 24.2 Å². The van der Waals surface area contributed by atoms with Gasteiger partial charge in [0.15, 0.2) is 0 Å². The van der Waals surface area contributed by atoms with Crippen molar-refractivity contribution < 1.29 is 9.47 Å². The van der Waals surface area contributed by atoms with E-state index in [0.717, 1.165) is 0 Å². The number of benzene rings is 1. The molecule has 4 nitrogen and oxygen atoms in total. The highest BCUT2D eigenvalue weighted by Gasteiger charge is 2.23. The van der Waals surface area contributed by atoms with Crippen molar-refractivity contribution in [3.63, 3.8) is 0 Å². The summed E-state index contributed by atoms with van der Waals surface area (Å²) in [5, 5.41) is 14.8. The smallest absolute Gasteiger partial charge is 0.222 e. The van der Waals surface area contributed by atoms with Gasteiger partial charge in [-0.3, -0.25) is 10.8 Å². The molecule has 1 heterocycles. The monoisotopic (exact) mass is 212 g/mol. The van der Waals surface area contributed by atoms with E-state index < -0.39 is 0 Å². The highest BCUT2D eigenvalue weighted by Crippen LogP contribution is 2.24. The SMILES string of the molecule is COc1ccc2c(c1)C(=N)OC2=N.Cl. The summed E-state index contributed by atoms with van der Waals surface area (Å²) in [4.78, 5) is 0. The molecule has 0 fully saturated rings. The second-order valence-corrected chi connectivity index (χ2v) is 2.67. The minimum Gasteiger partial charge on any atom is -0.497 e. The third kappa shape index (κ3) is 1.44. The largest absolute Gasteiger partial charge is 0.497 e. The number of hydrogen-bond donors (Lipinski definition) is 2. The van der Waals surface area contributed by atoms with Crippen molar-refractivity contribution in [2.75, 3.05) is 7.11 Å². The molecular weight excluding hydrogens is 204 g/mol. The second kappa shape index (κ2) is 3.67. The van der Waals surface area contributed by atoms with Gasteiger partial charge in [0.1, 0.15) is 5.75 Å². The van der Waals surface area contributed by atoms with Gasteiger partial charge in [-0.15, -0.1) is 12.4 Å². The molecule has 0 saturated heterocycles. The Morgan fingerprint density at radius 2 is 1.79 bits per heavy atom. The van der Waals surface area contributed by atoms with Crippen LogP contribution in [0, 0.1) is 10.8 Å². The molecule has 5 heteroatoms. The van der Waals surface area contributed by atoms with Crippen LogP contribution in [0.3, 0.4) is 0 Å². The van der Waals surface area contributed by atoms with Crippen LogP contribution in [0.2, 0.25) is 0 Å². The third-order valence-electron chi connectivity index (χ3n) is 1.92. The maximum absolute atomic E-state index is 7.41. The number of rotatable bonds is 1. The molecule has 1 aromatic rings. The average Bonchev–Trinajstić information content (AvgIpc) is 2.42. The van der Waals surface area contributed by atoms with Gasteiger partial charge in [-0.1, -0.05) is 0 Å². The van der Waals surface area contributed by atoms with Crippen LogP contribution in [0.4, 0.5) is 0 Å². The number of methoxy groups -OCH3 is 1. The van der Waals surface area contributed by atoms with E-state index in [2.05, 4.69) is 0 Å². The Balaban J connectivity index is 0.000000980. The van der Waals surface area contributed by atoms with Gasteiger partial charge >= 0.3 is 0 Å². The molecule has 0 aliphatic carbocycles.